The molecule has 140 valence electrons. The fourth-order valence-electron chi connectivity index (χ4n) is 3.44. The molecule has 1 N–H and O–H groups in total. The summed E-state index contributed by atoms with van der Waals surface area (Å²) in [5.74, 6) is -1.15. The zero-order chi connectivity index (χ0) is 19.4. The number of para-hydroxylation sites is 1. The smallest absolute Gasteiger partial charge is 0.326 e. The molecule has 3 aromatic rings. The van der Waals surface area contributed by atoms with E-state index in [1.165, 1.54) is 4.90 Å². The van der Waals surface area contributed by atoms with Gasteiger partial charge < -0.3 is 14.6 Å². The number of benzene rings is 2. The number of carboxylic acids is 1. The third-order valence-corrected chi connectivity index (χ3v) is 5.01. The van der Waals surface area contributed by atoms with Crippen molar-refractivity contribution >= 4 is 22.8 Å². The molecule has 0 spiro atoms. The van der Waals surface area contributed by atoms with Crippen LogP contribution in [0.2, 0.25) is 0 Å². The minimum Gasteiger partial charge on any atom is -0.480 e. The standard InChI is InChI=1S/C22H24N2O3/c1-23-15-17(18-10-6-7-11-19(18)23)12-13-21(25)24(2)20(22(26)27)14-16-8-4-3-5-9-16/h3-11,15,20H,12-14H2,1-2H3,(H,26,27). The van der Waals surface area contributed by atoms with E-state index in [0.29, 0.717) is 12.8 Å². The topological polar surface area (TPSA) is 62.5 Å². The van der Waals surface area contributed by atoms with E-state index in [1.54, 1.807) is 7.05 Å². The molecule has 0 aliphatic rings. The van der Waals surface area contributed by atoms with E-state index >= 15 is 0 Å². The predicted molar refractivity (Wildman–Crippen MR) is 106 cm³/mol. The van der Waals surface area contributed by atoms with Crippen molar-refractivity contribution in [3.63, 3.8) is 0 Å². The third-order valence-electron chi connectivity index (χ3n) is 5.01. The number of rotatable bonds is 7. The highest BCUT2D eigenvalue weighted by atomic mass is 16.4. The first kappa shape index (κ1) is 18.7. The van der Waals surface area contributed by atoms with Gasteiger partial charge in [0.15, 0.2) is 0 Å². The van der Waals surface area contributed by atoms with Gasteiger partial charge in [0.25, 0.3) is 0 Å². The summed E-state index contributed by atoms with van der Waals surface area (Å²) < 4.78 is 2.05. The van der Waals surface area contributed by atoms with Gasteiger partial charge in [-0.05, 0) is 23.6 Å². The Hall–Kier alpha value is -3.08. The number of carbonyl (C=O) groups excluding carboxylic acids is 1. The number of likely N-dealkylation sites (N-methyl/N-ethyl adjacent to an activating group) is 1. The second kappa shape index (κ2) is 8.08. The zero-order valence-corrected chi connectivity index (χ0v) is 15.6. The minimum atomic E-state index is -0.986. The number of carboxylic acid groups (broad SMARTS) is 1. The minimum absolute atomic E-state index is 0.161. The number of carbonyl (C=O) groups is 2. The summed E-state index contributed by atoms with van der Waals surface area (Å²) in [5, 5.41) is 10.7. The molecule has 1 amide bonds. The molecule has 5 heteroatoms. The van der Waals surface area contributed by atoms with Gasteiger partial charge >= 0.3 is 5.97 Å². The average molecular weight is 364 g/mol. The lowest BCUT2D eigenvalue weighted by Gasteiger charge is -2.25. The molecule has 2 aromatic carbocycles. The van der Waals surface area contributed by atoms with Crippen LogP contribution in [-0.2, 0) is 29.5 Å². The van der Waals surface area contributed by atoms with Crippen molar-refractivity contribution in [3.05, 3.63) is 71.9 Å². The Bertz CT molecular complexity index is 947. The van der Waals surface area contributed by atoms with Crippen molar-refractivity contribution in [1.82, 2.24) is 9.47 Å². The van der Waals surface area contributed by atoms with Gasteiger partial charge in [0.1, 0.15) is 6.04 Å². The van der Waals surface area contributed by atoms with E-state index in [4.69, 9.17) is 0 Å². The van der Waals surface area contributed by atoms with E-state index in [-0.39, 0.29) is 12.3 Å². The summed E-state index contributed by atoms with van der Waals surface area (Å²) in [6.07, 6.45) is 3.20. The van der Waals surface area contributed by atoms with Crippen LogP contribution >= 0.6 is 0 Å². The number of aliphatic carboxylic acids is 1. The highest BCUT2D eigenvalue weighted by molar-refractivity contribution is 5.86. The summed E-state index contributed by atoms with van der Waals surface area (Å²) in [6.45, 7) is 0. The van der Waals surface area contributed by atoms with Crippen LogP contribution in [0.5, 0.6) is 0 Å². The molecule has 0 fully saturated rings. The molecular formula is C22H24N2O3. The number of nitrogens with zero attached hydrogens (tertiary/aromatic N) is 2. The van der Waals surface area contributed by atoms with Gasteiger partial charge in [-0.1, -0.05) is 48.5 Å². The molecule has 1 atom stereocenters. The van der Waals surface area contributed by atoms with Crippen LogP contribution in [-0.4, -0.2) is 39.5 Å². The fourth-order valence-corrected chi connectivity index (χ4v) is 3.44. The molecule has 0 aliphatic carbocycles. The van der Waals surface area contributed by atoms with Gasteiger partial charge in [0.05, 0.1) is 0 Å². The number of hydrogen-bond acceptors (Lipinski definition) is 2. The first-order chi connectivity index (χ1) is 13.0. The van der Waals surface area contributed by atoms with Crippen LogP contribution in [0, 0.1) is 0 Å². The zero-order valence-electron chi connectivity index (χ0n) is 15.6. The number of aryl methyl sites for hydroxylation is 2. The summed E-state index contributed by atoms with van der Waals surface area (Å²) in [5.41, 5.74) is 3.13. The third kappa shape index (κ3) is 4.19. The van der Waals surface area contributed by atoms with Crippen LogP contribution in [0.3, 0.4) is 0 Å². The quantitative estimate of drug-likeness (QED) is 0.700. The van der Waals surface area contributed by atoms with Crippen molar-refractivity contribution < 1.29 is 14.7 Å². The monoisotopic (exact) mass is 364 g/mol. The van der Waals surface area contributed by atoms with Crippen LogP contribution < -0.4 is 0 Å². The molecule has 1 heterocycles. The van der Waals surface area contributed by atoms with Gasteiger partial charge in [-0.3, -0.25) is 4.79 Å². The van der Waals surface area contributed by atoms with Crippen LogP contribution in [0.4, 0.5) is 0 Å². The van der Waals surface area contributed by atoms with Gasteiger partial charge in [-0.25, -0.2) is 4.79 Å². The van der Waals surface area contributed by atoms with E-state index in [1.807, 2.05) is 72.4 Å². The van der Waals surface area contributed by atoms with Crippen molar-refractivity contribution in [2.75, 3.05) is 7.05 Å². The van der Waals surface area contributed by atoms with Gasteiger partial charge in [-0.15, -0.1) is 0 Å². The van der Waals surface area contributed by atoms with Crippen molar-refractivity contribution in [1.29, 1.82) is 0 Å². The van der Waals surface area contributed by atoms with Crippen LogP contribution in [0.1, 0.15) is 17.5 Å². The molecular weight excluding hydrogens is 340 g/mol. The Balaban J connectivity index is 1.69. The first-order valence-electron chi connectivity index (χ1n) is 9.02. The second-order valence-electron chi connectivity index (χ2n) is 6.83. The maximum absolute atomic E-state index is 12.7. The number of hydrogen-bond donors (Lipinski definition) is 1. The lowest BCUT2D eigenvalue weighted by atomic mass is 10.0. The highest BCUT2D eigenvalue weighted by Crippen LogP contribution is 2.22. The maximum atomic E-state index is 12.7. The normalized spacial score (nSPS) is 12.1. The molecule has 1 aromatic heterocycles. The molecule has 0 saturated carbocycles. The molecule has 0 bridgehead atoms. The molecule has 1 unspecified atom stereocenters. The van der Waals surface area contributed by atoms with Crippen molar-refractivity contribution in [3.8, 4) is 0 Å². The number of fused-ring (bicyclic) bond motifs is 1. The number of amides is 1. The van der Waals surface area contributed by atoms with Gasteiger partial charge in [0.2, 0.25) is 5.91 Å². The Kier molecular flexibility index (Phi) is 5.60. The average Bonchev–Trinajstić information content (AvgIpc) is 3.00. The number of aromatic nitrogens is 1. The lowest BCUT2D eigenvalue weighted by Crippen LogP contribution is -2.43. The van der Waals surface area contributed by atoms with E-state index in [2.05, 4.69) is 0 Å². The first-order valence-corrected chi connectivity index (χ1v) is 9.02. The molecule has 27 heavy (non-hydrogen) atoms. The Morgan fingerprint density at radius 3 is 2.44 bits per heavy atom. The molecule has 0 aliphatic heterocycles. The summed E-state index contributed by atoms with van der Waals surface area (Å²) in [7, 11) is 3.56. The van der Waals surface area contributed by atoms with E-state index in [9.17, 15) is 14.7 Å². The summed E-state index contributed by atoms with van der Waals surface area (Å²) in [6, 6.07) is 16.6. The molecule has 5 nitrogen and oxygen atoms in total. The molecule has 3 rings (SSSR count). The summed E-state index contributed by atoms with van der Waals surface area (Å²) >= 11 is 0. The van der Waals surface area contributed by atoms with Crippen molar-refractivity contribution in [2.24, 2.45) is 7.05 Å². The Morgan fingerprint density at radius 2 is 1.74 bits per heavy atom. The van der Waals surface area contributed by atoms with Crippen LogP contribution in [0.25, 0.3) is 10.9 Å². The summed E-state index contributed by atoms with van der Waals surface area (Å²) in [4.78, 5) is 25.7. The highest BCUT2D eigenvalue weighted by Gasteiger charge is 2.26. The Morgan fingerprint density at radius 1 is 1.07 bits per heavy atom. The second-order valence-corrected chi connectivity index (χ2v) is 6.83. The van der Waals surface area contributed by atoms with Gasteiger partial charge in [0, 0.05) is 44.0 Å². The largest absolute Gasteiger partial charge is 0.480 e. The lowest BCUT2D eigenvalue weighted by molar-refractivity contribution is -0.149. The van der Waals surface area contributed by atoms with Crippen molar-refractivity contribution in [2.45, 2.75) is 25.3 Å². The van der Waals surface area contributed by atoms with Gasteiger partial charge in [-0.2, -0.15) is 0 Å². The molecule has 0 radical (unpaired) electrons. The van der Waals surface area contributed by atoms with Crippen LogP contribution in [0.15, 0.2) is 60.8 Å². The fraction of sp³-hybridized carbons (Fsp3) is 0.273. The van der Waals surface area contributed by atoms with E-state index < -0.39 is 12.0 Å². The SMILES string of the molecule is CN(C(=O)CCc1cn(C)c2ccccc12)C(Cc1ccccc1)C(=O)O. The Labute approximate surface area is 158 Å². The maximum Gasteiger partial charge on any atom is 0.326 e. The molecule has 0 saturated heterocycles. The van der Waals surface area contributed by atoms with E-state index in [0.717, 1.165) is 22.0 Å². The predicted octanol–water partition coefficient (Wildman–Crippen LogP) is 3.27.